The number of methoxy groups -OCH3 is 1. The van der Waals surface area contributed by atoms with Gasteiger partial charge in [-0.3, -0.25) is 9.59 Å². The standard InChI is InChI=1S/C24H28N2O7/c1-14-21(23(29)30-3)17(26-22(14)15(2)27)11-20(28)25-12-24(6-8-31-9-7-24)16-4-5-18-19(10-16)33-13-32-18/h4-5,10,26H,6-9,11-13H2,1-3H3,(H,25,28). The number of nitrogens with one attached hydrogen (secondary N) is 2. The third kappa shape index (κ3) is 4.45. The minimum absolute atomic E-state index is 0.0771. The van der Waals surface area contributed by atoms with Gasteiger partial charge in [-0.05, 0) is 43.0 Å². The highest BCUT2D eigenvalue weighted by molar-refractivity contribution is 6.01. The minimum atomic E-state index is -0.583. The molecule has 0 aliphatic carbocycles. The molecule has 1 saturated heterocycles. The van der Waals surface area contributed by atoms with Gasteiger partial charge in [0.15, 0.2) is 17.3 Å². The number of ketones is 1. The lowest BCUT2D eigenvalue weighted by atomic mass is 9.74. The molecule has 9 heteroatoms. The third-order valence-corrected chi connectivity index (χ3v) is 6.47. The number of aromatic nitrogens is 1. The van der Waals surface area contributed by atoms with Crippen molar-refractivity contribution in [3.63, 3.8) is 0 Å². The van der Waals surface area contributed by atoms with Gasteiger partial charge in [0.25, 0.3) is 0 Å². The Morgan fingerprint density at radius 2 is 1.88 bits per heavy atom. The van der Waals surface area contributed by atoms with Gasteiger partial charge in [-0.15, -0.1) is 0 Å². The Kier molecular flexibility index (Phi) is 6.42. The first-order valence-electron chi connectivity index (χ1n) is 10.9. The first-order valence-corrected chi connectivity index (χ1v) is 10.9. The lowest BCUT2D eigenvalue weighted by Gasteiger charge is -2.38. The molecule has 0 atom stereocenters. The molecule has 2 aliphatic heterocycles. The van der Waals surface area contributed by atoms with E-state index in [9.17, 15) is 14.4 Å². The fraction of sp³-hybridized carbons (Fsp3) is 0.458. The molecule has 9 nitrogen and oxygen atoms in total. The van der Waals surface area contributed by atoms with Crippen molar-refractivity contribution in [1.29, 1.82) is 0 Å². The molecule has 0 bridgehead atoms. The van der Waals surface area contributed by atoms with E-state index >= 15 is 0 Å². The summed E-state index contributed by atoms with van der Waals surface area (Å²) in [6.45, 7) is 4.86. The number of rotatable bonds is 7. The topological polar surface area (TPSA) is 116 Å². The summed E-state index contributed by atoms with van der Waals surface area (Å²) in [5.74, 6) is 0.353. The number of aromatic amines is 1. The van der Waals surface area contributed by atoms with Crippen LogP contribution in [0.3, 0.4) is 0 Å². The molecule has 0 spiro atoms. The van der Waals surface area contributed by atoms with Crippen molar-refractivity contribution in [1.82, 2.24) is 10.3 Å². The second kappa shape index (κ2) is 9.27. The van der Waals surface area contributed by atoms with Crippen molar-refractivity contribution in [3.8, 4) is 11.5 Å². The molecular formula is C24H28N2O7. The zero-order chi connectivity index (χ0) is 23.6. The molecule has 1 aromatic carbocycles. The summed E-state index contributed by atoms with van der Waals surface area (Å²) in [4.78, 5) is 40.1. The van der Waals surface area contributed by atoms with Crippen LogP contribution in [0.15, 0.2) is 18.2 Å². The largest absolute Gasteiger partial charge is 0.465 e. The molecule has 0 unspecified atom stereocenters. The molecule has 2 aliphatic rings. The van der Waals surface area contributed by atoms with E-state index in [1.54, 1.807) is 6.92 Å². The average molecular weight is 456 g/mol. The molecule has 1 amide bonds. The predicted octanol–water partition coefficient (Wildman–Crippen LogP) is 2.45. The van der Waals surface area contributed by atoms with E-state index in [0.717, 1.165) is 18.4 Å². The number of H-pyrrole nitrogens is 1. The van der Waals surface area contributed by atoms with E-state index in [-0.39, 0.29) is 35.9 Å². The number of amides is 1. The molecule has 0 radical (unpaired) electrons. The Balaban J connectivity index is 1.53. The summed E-state index contributed by atoms with van der Waals surface area (Å²) in [6, 6.07) is 5.88. The molecule has 1 aromatic heterocycles. The van der Waals surface area contributed by atoms with Gasteiger partial charge < -0.3 is 29.2 Å². The van der Waals surface area contributed by atoms with E-state index in [1.807, 2.05) is 18.2 Å². The van der Waals surface area contributed by atoms with Gasteiger partial charge in [-0.2, -0.15) is 0 Å². The van der Waals surface area contributed by atoms with Gasteiger partial charge in [-0.25, -0.2) is 4.79 Å². The van der Waals surface area contributed by atoms with Gasteiger partial charge in [0, 0.05) is 37.8 Å². The molecule has 176 valence electrons. The van der Waals surface area contributed by atoms with Crippen LogP contribution >= 0.6 is 0 Å². The maximum Gasteiger partial charge on any atom is 0.339 e. The first kappa shape index (κ1) is 22.8. The van der Waals surface area contributed by atoms with Gasteiger partial charge in [0.2, 0.25) is 12.7 Å². The molecule has 2 aromatic rings. The smallest absolute Gasteiger partial charge is 0.339 e. The van der Waals surface area contributed by atoms with Crippen molar-refractivity contribution >= 4 is 17.7 Å². The van der Waals surface area contributed by atoms with Crippen LogP contribution in [0.5, 0.6) is 11.5 Å². The Labute approximate surface area is 191 Å². The fourth-order valence-corrected chi connectivity index (χ4v) is 4.57. The molecule has 1 fully saturated rings. The van der Waals surface area contributed by atoms with Gasteiger partial charge in [-0.1, -0.05) is 6.07 Å². The summed E-state index contributed by atoms with van der Waals surface area (Å²) in [5, 5.41) is 3.03. The number of ether oxygens (including phenoxy) is 4. The number of hydrogen-bond acceptors (Lipinski definition) is 7. The van der Waals surface area contributed by atoms with Gasteiger partial charge >= 0.3 is 5.97 Å². The van der Waals surface area contributed by atoms with Gasteiger partial charge in [0.05, 0.1) is 24.8 Å². The van der Waals surface area contributed by atoms with Crippen molar-refractivity contribution in [2.24, 2.45) is 0 Å². The van der Waals surface area contributed by atoms with Crippen LogP contribution in [0.1, 0.15) is 57.4 Å². The highest BCUT2D eigenvalue weighted by Gasteiger charge is 2.36. The predicted molar refractivity (Wildman–Crippen MR) is 118 cm³/mol. The number of hydrogen-bond donors (Lipinski definition) is 2. The molecule has 4 rings (SSSR count). The number of carbonyl (C=O) groups is 3. The monoisotopic (exact) mass is 456 g/mol. The van der Waals surface area contributed by atoms with E-state index < -0.39 is 5.97 Å². The molecule has 3 heterocycles. The number of carbonyl (C=O) groups excluding carboxylic acids is 3. The van der Waals surface area contributed by atoms with Gasteiger partial charge in [0.1, 0.15) is 0 Å². The minimum Gasteiger partial charge on any atom is -0.465 e. The Bertz CT molecular complexity index is 1080. The summed E-state index contributed by atoms with van der Waals surface area (Å²) in [6.07, 6.45) is 1.42. The molecule has 2 N–H and O–H groups in total. The molecule has 33 heavy (non-hydrogen) atoms. The van der Waals surface area contributed by atoms with Crippen molar-refractivity contribution in [3.05, 3.63) is 46.3 Å². The van der Waals surface area contributed by atoms with Crippen LogP contribution in [0.25, 0.3) is 0 Å². The normalized spacial score (nSPS) is 16.3. The van der Waals surface area contributed by atoms with Crippen LogP contribution in [-0.4, -0.2) is 56.3 Å². The summed E-state index contributed by atoms with van der Waals surface area (Å²) >= 11 is 0. The number of benzene rings is 1. The Hall–Kier alpha value is -3.33. The fourth-order valence-electron chi connectivity index (χ4n) is 4.57. The quantitative estimate of drug-likeness (QED) is 0.486. The van der Waals surface area contributed by atoms with Crippen LogP contribution in [0.4, 0.5) is 0 Å². The second-order valence-corrected chi connectivity index (χ2v) is 8.44. The summed E-state index contributed by atoms with van der Waals surface area (Å²) in [7, 11) is 1.27. The Morgan fingerprint density at radius 1 is 1.15 bits per heavy atom. The maximum atomic E-state index is 12.9. The van der Waals surface area contributed by atoms with E-state index in [4.69, 9.17) is 18.9 Å². The number of esters is 1. The lowest BCUT2D eigenvalue weighted by molar-refractivity contribution is -0.121. The average Bonchev–Trinajstić information content (AvgIpc) is 3.41. The maximum absolute atomic E-state index is 12.9. The van der Waals surface area contributed by atoms with E-state index in [1.165, 1.54) is 14.0 Å². The van der Waals surface area contributed by atoms with Crippen LogP contribution in [0, 0.1) is 6.92 Å². The third-order valence-electron chi connectivity index (χ3n) is 6.47. The van der Waals surface area contributed by atoms with E-state index in [2.05, 4.69) is 10.3 Å². The van der Waals surface area contributed by atoms with Crippen LogP contribution < -0.4 is 14.8 Å². The first-order chi connectivity index (χ1) is 15.8. The van der Waals surface area contributed by atoms with Crippen molar-refractivity contribution in [2.45, 2.75) is 38.5 Å². The summed E-state index contributed by atoms with van der Waals surface area (Å²) in [5.41, 5.74) is 2.13. The zero-order valence-electron chi connectivity index (χ0n) is 19.0. The van der Waals surface area contributed by atoms with Crippen molar-refractivity contribution in [2.75, 3.05) is 33.7 Å². The lowest BCUT2D eigenvalue weighted by Crippen LogP contribution is -2.45. The Morgan fingerprint density at radius 3 is 2.58 bits per heavy atom. The SMILES string of the molecule is COC(=O)c1c(CC(=O)NCC2(c3ccc4c(c3)OCO4)CCOCC2)[nH]c(C(C)=O)c1C. The van der Waals surface area contributed by atoms with Crippen molar-refractivity contribution < 1.29 is 33.3 Å². The van der Waals surface area contributed by atoms with E-state index in [0.29, 0.717) is 48.2 Å². The summed E-state index contributed by atoms with van der Waals surface area (Å²) < 4.78 is 21.4. The second-order valence-electron chi connectivity index (χ2n) is 8.44. The number of Topliss-reactive ketones (excluding diaryl/α,β-unsaturated/α-hetero) is 1. The highest BCUT2D eigenvalue weighted by Crippen LogP contribution is 2.40. The zero-order valence-corrected chi connectivity index (χ0v) is 19.0. The van der Waals surface area contributed by atoms with Crippen LogP contribution in [0.2, 0.25) is 0 Å². The number of fused-ring (bicyclic) bond motifs is 1. The highest BCUT2D eigenvalue weighted by atomic mass is 16.7. The molecule has 0 saturated carbocycles. The molecular weight excluding hydrogens is 428 g/mol. The van der Waals surface area contributed by atoms with Crippen LogP contribution in [-0.2, 0) is 26.1 Å².